The number of nitrogens with two attached hydrogens (primary N) is 1. The van der Waals surface area contributed by atoms with E-state index in [2.05, 4.69) is 28.1 Å². The molecular formula is C11H16BrNOS. The number of thioether (sulfide) groups is 1. The van der Waals surface area contributed by atoms with Gasteiger partial charge in [-0.15, -0.1) is 11.8 Å². The maximum absolute atomic E-state index is 8.82. The van der Waals surface area contributed by atoms with E-state index in [4.69, 9.17) is 10.8 Å². The van der Waals surface area contributed by atoms with Crippen LogP contribution in [0.5, 0.6) is 0 Å². The molecule has 0 heterocycles. The Morgan fingerprint density at radius 1 is 1.40 bits per heavy atom. The highest BCUT2D eigenvalue weighted by Gasteiger charge is 2.15. The summed E-state index contributed by atoms with van der Waals surface area (Å²) in [5.74, 6) is 0.724. The second-order valence-corrected chi connectivity index (χ2v) is 5.59. The van der Waals surface area contributed by atoms with Gasteiger partial charge in [0.05, 0.1) is 6.61 Å². The fourth-order valence-electron chi connectivity index (χ4n) is 1.38. The molecule has 2 nitrogen and oxygen atoms in total. The number of aliphatic hydroxyl groups is 1. The Hall–Kier alpha value is -0.0300. The summed E-state index contributed by atoms with van der Waals surface area (Å²) < 4.78 is 1.07. The van der Waals surface area contributed by atoms with Gasteiger partial charge >= 0.3 is 0 Å². The molecule has 2 atom stereocenters. The number of halogens is 1. The monoisotopic (exact) mass is 289 g/mol. The molecule has 4 heteroatoms. The summed E-state index contributed by atoms with van der Waals surface area (Å²) >= 11 is 5.10. The van der Waals surface area contributed by atoms with Gasteiger partial charge in [-0.05, 0) is 24.6 Å². The van der Waals surface area contributed by atoms with Crippen LogP contribution in [-0.4, -0.2) is 23.5 Å². The molecule has 0 radical (unpaired) electrons. The minimum Gasteiger partial charge on any atom is -0.396 e. The Kier molecular flexibility index (Phi) is 5.68. The van der Waals surface area contributed by atoms with E-state index in [1.807, 2.05) is 19.1 Å². The van der Waals surface area contributed by atoms with Crippen molar-refractivity contribution in [2.75, 3.05) is 12.4 Å². The fourth-order valence-corrected chi connectivity index (χ4v) is 2.66. The molecule has 0 spiro atoms. The van der Waals surface area contributed by atoms with Crippen LogP contribution in [0.15, 0.2) is 28.7 Å². The maximum Gasteiger partial charge on any atom is 0.0521 e. The van der Waals surface area contributed by atoms with Crippen LogP contribution >= 0.6 is 27.7 Å². The van der Waals surface area contributed by atoms with Gasteiger partial charge in [-0.2, -0.15) is 0 Å². The average molecular weight is 290 g/mol. The molecule has 0 aliphatic rings. The van der Waals surface area contributed by atoms with Crippen LogP contribution in [0.1, 0.15) is 17.7 Å². The Bertz CT molecular complexity index is 289. The molecule has 0 fully saturated rings. The first kappa shape index (κ1) is 13.0. The largest absolute Gasteiger partial charge is 0.396 e. The highest BCUT2D eigenvalue weighted by molar-refractivity contribution is 9.10. The molecule has 84 valence electrons. The Balaban J connectivity index is 2.74. The van der Waals surface area contributed by atoms with Crippen LogP contribution in [0.25, 0.3) is 0 Å². The second-order valence-electron chi connectivity index (χ2n) is 3.43. The molecule has 1 rings (SSSR count). The zero-order chi connectivity index (χ0) is 11.3. The summed E-state index contributed by atoms with van der Waals surface area (Å²) in [6.45, 7) is 2.20. The third-order valence-corrected chi connectivity index (χ3v) is 4.07. The van der Waals surface area contributed by atoms with Gasteiger partial charge in [-0.25, -0.2) is 0 Å². The molecule has 2 unspecified atom stereocenters. The van der Waals surface area contributed by atoms with E-state index >= 15 is 0 Å². The summed E-state index contributed by atoms with van der Waals surface area (Å²) in [4.78, 5) is 0. The normalized spacial score (nSPS) is 14.9. The molecule has 1 aromatic rings. The van der Waals surface area contributed by atoms with E-state index in [1.165, 1.54) is 5.56 Å². The molecular weight excluding hydrogens is 274 g/mol. The molecule has 1 aromatic carbocycles. The predicted molar refractivity (Wildman–Crippen MR) is 70.1 cm³/mol. The van der Waals surface area contributed by atoms with Crippen molar-refractivity contribution < 1.29 is 5.11 Å². The molecule has 0 amide bonds. The number of aliphatic hydroxyl groups excluding tert-OH is 1. The van der Waals surface area contributed by atoms with E-state index in [-0.39, 0.29) is 17.9 Å². The molecule has 15 heavy (non-hydrogen) atoms. The Morgan fingerprint density at radius 3 is 2.47 bits per heavy atom. The first-order chi connectivity index (χ1) is 7.15. The van der Waals surface area contributed by atoms with Crippen molar-refractivity contribution in [2.24, 2.45) is 5.73 Å². The van der Waals surface area contributed by atoms with Gasteiger partial charge in [0.1, 0.15) is 0 Å². The fraction of sp³-hybridized carbons (Fsp3) is 0.455. The van der Waals surface area contributed by atoms with E-state index in [1.54, 1.807) is 11.8 Å². The van der Waals surface area contributed by atoms with Gasteiger partial charge in [0, 0.05) is 21.5 Å². The lowest BCUT2D eigenvalue weighted by atomic mass is 10.1. The van der Waals surface area contributed by atoms with Crippen molar-refractivity contribution in [1.82, 2.24) is 0 Å². The number of benzene rings is 1. The van der Waals surface area contributed by atoms with E-state index in [0.29, 0.717) is 0 Å². The lowest BCUT2D eigenvalue weighted by Crippen LogP contribution is -2.23. The predicted octanol–water partition coefficient (Wildman–Crippen LogP) is 2.56. The van der Waals surface area contributed by atoms with Gasteiger partial charge in [0.2, 0.25) is 0 Å². The minimum atomic E-state index is 0.0859. The second kappa shape index (κ2) is 6.53. The van der Waals surface area contributed by atoms with Gasteiger partial charge in [0.25, 0.3) is 0 Å². The van der Waals surface area contributed by atoms with Crippen molar-refractivity contribution in [1.29, 1.82) is 0 Å². The smallest absolute Gasteiger partial charge is 0.0521 e. The number of hydrogen-bond donors (Lipinski definition) is 2. The summed E-state index contributed by atoms with van der Waals surface area (Å²) in [6, 6.07) is 8.27. The topological polar surface area (TPSA) is 46.2 Å². The maximum atomic E-state index is 8.82. The van der Waals surface area contributed by atoms with Crippen LogP contribution in [0.3, 0.4) is 0 Å². The molecule has 0 aromatic heterocycles. The first-order valence-corrected chi connectivity index (χ1v) is 6.73. The van der Waals surface area contributed by atoms with Crippen molar-refractivity contribution in [3.05, 3.63) is 34.3 Å². The quantitative estimate of drug-likeness (QED) is 0.876. The van der Waals surface area contributed by atoms with Gasteiger partial charge < -0.3 is 10.8 Å². The molecule has 0 saturated carbocycles. The van der Waals surface area contributed by atoms with E-state index in [9.17, 15) is 0 Å². The summed E-state index contributed by atoms with van der Waals surface area (Å²) in [6.07, 6.45) is 0. The summed E-state index contributed by atoms with van der Waals surface area (Å²) in [5.41, 5.74) is 7.15. The van der Waals surface area contributed by atoms with Crippen molar-refractivity contribution in [3.63, 3.8) is 0 Å². The average Bonchev–Trinajstić information content (AvgIpc) is 2.21. The first-order valence-electron chi connectivity index (χ1n) is 4.88. The molecule has 3 N–H and O–H groups in total. The highest BCUT2D eigenvalue weighted by atomic mass is 79.9. The highest BCUT2D eigenvalue weighted by Crippen LogP contribution is 2.31. The SMILES string of the molecule is CC(N)C(SCCO)c1ccc(Br)cc1. The minimum absolute atomic E-state index is 0.0859. The van der Waals surface area contributed by atoms with Crippen molar-refractivity contribution in [2.45, 2.75) is 18.2 Å². The molecule has 0 saturated heterocycles. The Morgan fingerprint density at radius 2 is 2.00 bits per heavy atom. The zero-order valence-corrected chi connectivity index (χ0v) is 11.1. The third kappa shape index (κ3) is 4.15. The van der Waals surface area contributed by atoms with Crippen LogP contribution in [0, 0.1) is 0 Å². The molecule has 0 aliphatic heterocycles. The molecule has 0 aliphatic carbocycles. The van der Waals surface area contributed by atoms with E-state index < -0.39 is 0 Å². The van der Waals surface area contributed by atoms with Crippen molar-refractivity contribution >= 4 is 27.7 Å². The van der Waals surface area contributed by atoms with Crippen LogP contribution < -0.4 is 5.73 Å². The van der Waals surface area contributed by atoms with Gasteiger partial charge in [0.15, 0.2) is 0 Å². The number of rotatable bonds is 5. The third-order valence-electron chi connectivity index (χ3n) is 2.06. The lowest BCUT2D eigenvalue weighted by Gasteiger charge is -2.20. The molecule has 0 bridgehead atoms. The van der Waals surface area contributed by atoms with Crippen LogP contribution in [0.2, 0.25) is 0 Å². The number of hydrogen-bond acceptors (Lipinski definition) is 3. The summed E-state index contributed by atoms with van der Waals surface area (Å²) in [7, 11) is 0. The zero-order valence-electron chi connectivity index (χ0n) is 8.69. The van der Waals surface area contributed by atoms with Gasteiger partial charge in [-0.3, -0.25) is 0 Å². The van der Waals surface area contributed by atoms with Crippen molar-refractivity contribution in [3.8, 4) is 0 Å². The summed E-state index contributed by atoms with van der Waals surface area (Å²) in [5, 5.41) is 9.07. The van der Waals surface area contributed by atoms with Gasteiger partial charge in [-0.1, -0.05) is 28.1 Å². The lowest BCUT2D eigenvalue weighted by molar-refractivity contribution is 0.322. The van der Waals surface area contributed by atoms with Crippen LogP contribution in [-0.2, 0) is 0 Å². The Labute approximate surface area is 103 Å². The van der Waals surface area contributed by atoms with E-state index in [0.717, 1.165) is 10.2 Å². The van der Waals surface area contributed by atoms with Crippen LogP contribution in [0.4, 0.5) is 0 Å². The standard InChI is InChI=1S/C11H16BrNOS/c1-8(13)11(15-7-6-14)9-2-4-10(12)5-3-9/h2-5,8,11,14H,6-7,13H2,1H3.